The van der Waals surface area contributed by atoms with E-state index in [1.807, 2.05) is 31.2 Å². The maximum atomic E-state index is 12.6. The summed E-state index contributed by atoms with van der Waals surface area (Å²) >= 11 is 0. The van der Waals surface area contributed by atoms with E-state index in [1.54, 1.807) is 4.90 Å². The zero-order valence-electron chi connectivity index (χ0n) is 16.8. The Labute approximate surface area is 176 Å². The van der Waals surface area contributed by atoms with E-state index in [1.165, 1.54) is 6.20 Å². The Bertz CT molecular complexity index is 1050. The standard InChI is InChI=1S/C20H21F3N6O2/c1-14-4-2-3-5-15(14)19-24-17(31-26-19)12-27-8-10-28(11-9-27)18(30)13-29-7-6-16(25-29)20(21,22)23/h2-7H,8-13H2,1H3. The van der Waals surface area contributed by atoms with Crippen LogP contribution in [-0.2, 0) is 24.1 Å². The zero-order chi connectivity index (χ0) is 22.0. The number of aromatic nitrogens is 4. The van der Waals surface area contributed by atoms with Crippen LogP contribution >= 0.6 is 0 Å². The molecule has 0 N–H and O–H groups in total. The molecule has 11 heteroatoms. The minimum atomic E-state index is -4.52. The van der Waals surface area contributed by atoms with Gasteiger partial charge in [-0.2, -0.15) is 23.3 Å². The first-order chi connectivity index (χ1) is 14.8. The summed E-state index contributed by atoms with van der Waals surface area (Å²) in [5.41, 5.74) is 0.969. The van der Waals surface area contributed by atoms with Crippen molar-refractivity contribution in [3.8, 4) is 11.4 Å². The molecule has 0 radical (unpaired) electrons. The number of nitrogens with zero attached hydrogens (tertiary/aromatic N) is 6. The molecule has 0 bridgehead atoms. The second-order valence-electron chi connectivity index (χ2n) is 7.38. The van der Waals surface area contributed by atoms with Gasteiger partial charge >= 0.3 is 6.18 Å². The van der Waals surface area contributed by atoms with Crippen molar-refractivity contribution in [2.24, 2.45) is 0 Å². The number of benzene rings is 1. The predicted octanol–water partition coefficient (Wildman–Crippen LogP) is 2.60. The summed E-state index contributed by atoms with van der Waals surface area (Å²) in [5.74, 6) is 0.768. The molecule has 0 saturated carbocycles. The Kier molecular flexibility index (Phi) is 5.77. The molecule has 164 valence electrons. The fraction of sp³-hybridized carbons (Fsp3) is 0.400. The molecule has 1 fully saturated rings. The van der Waals surface area contributed by atoms with Gasteiger partial charge in [-0.15, -0.1) is 0 Å². The van der Waals surface area contributed by atoms with E-state index in [0.717, 1.165) is 21.9 Å². The van der Waals surface area contributed by atoms with Crippen LogP contribution in [0.4, 0.5) is 13.2 Å². The smallest absolute Gasteiger partial charge is 0.339 e. The Hall–Kier alpha value is -3.21. The van der Waals surface area contributed by atoms with Crippen LogP contribution in [-0.4, -0.2) is 61.8 Å². The molecule has 3 aromatic rings. The molecule has 1 aliphatic heterocycles. The van der Waals surface area contributed by atoms with Crippen molar-refractivity contribution in [2.75, 3.05) is 26.2 Å². The lowest BCUT2D eigenvalue weighted by atomic mass is 10.1. The fourth-order valence-corrected chi connectivity index (χ4v) is 3.44. The number of rotatable bonds is 5. The van der Waals surface area contributed by atoms with Gasteiger partial charge in [0.2, 0.25) is 17.6 Å². The predicted molar refractivity (Wildman–Crippen MR) is 104 cm³/mol. The molecule has 4 rings (SSSR count). The van der Waals surface area contributed by atoms with Crippen molar-refractivity contribution in [2.45, 2.75) is 26.2 Å². The van der Waals surface area contributed by atoms with Gasteiger partial charge in [0.25, 0.3) is 0 Å². The first kappa shape index (κ1) is 21.0. The van der Waals surface area contributed by atoms with Gasteiger partial charge in [-0.05, 0) is 18.6 Å². The third kappa shape index (κ3) is 4.93. The molecule has 0 spiro atoms. The van der Waals surface area contributed by atoms with Crippen LogP contribution in [0.2, 0.25) is 0 Å². The Morgan fingerprint density at radius 1 is 1.13 bits per heavy atom. The van der Waals surface area contributed by atoms with Gasteiger partial charge in [0.1, 0.15) is 6.54 Å². The van der Waals surface area contributed by atoms with E-state index < -0.39 is 11.9 Å². The number of hydrogen-bond acceptors (Lipinski definition) is 6. The first-order valence-electron chi connectivity index (χ1n) is 9.79. The van der Waals surface area contributed by atoms with E-state index in [0.29, 0.717) is 44.4 Å². The Morgan fingerprint density at radius 3 is 2.55 bits per heavy atom. The van der Waals surface area contributed by atoms with Gasteiger partial charge in [0.15, 0.2) is 5.69 Å². The van der Waals surface area contributed by atoms with Gasteiger partial charge in [0.05, 0.1) is 6.54 Å². The summed E-state index contributed by atoms with van der Waals surface area (Å²) < 4.78 is 44.3. The third-order valence-electron chi connectivity index (χ3n) is 5.17. The molecular formula is C20H21F3N6O2. The highest BCUT2D eigenvalue weighted by Gasteiger charge is 2.34. The molecule has 8 nitrogen and oxygen atoms in total. The molecule has 0 aliphatic carbocycles. The number of piperazine rings is 1. The van der Waals surface area contributed by atoms with E-state index >= 15 is 0 Å². The Morgan fingerprint density at radius 2 is 1.87 bits per heavy atom. The summed E-state index contributed by atoms with van der Waals surface area (Å²) in [4.78, 5) is 20.6. The van der Waals surface area contributed by atoms with Crippen LogP contribution < -0.4 is 0 Å². The second kappa shape index (κ2) is 8.50. The normalized spacial score (nSPS) is 15.4. The van der Waals surface area contributed by atoms with Gasteiger partial charge in [-0.25, -0.2) is 0 Å². The number of hydrogen-bond donors (Lipinski definition) is 0. The van der Waals surface area contributed by atoms with Crippen LogP contribution in [0, 0.1) is 6.92 Å². The number of amides is 1. The minimum absolute atomic E-state index is 0.223. The minimum Gasteiger partial charge on any atom is -0.339 e. The van der Waals surface area contributed by atoms with Crippen LogP contribution in [0.15, 0.2) is 41.1 Å². The monoisotopic (exact) mass is 434 g/mol. The van der Waals surface area contributed by atoms with Gasteiger partial charge in [-0.1, -0.05) is 29.4 Å². The van der Waals surface area contributed by atoms with Crippen molar-refractivity contribution < 1.29 is 22.5 Å². The van der Waals surface area contributed by atoms with E-state index in [4.69, 9.17) is 4.52 Å². The van der Waals surface area contributed by atoms with Crippen LogP contribution in [0.3, 0.4) is 0 Å². The number of carbonyl (C=O) groups excluding carboxylic acids is 1. The maximum Gasteiger partial charge on any atom is 0.435 e. The van der Waals surface area contributed by atoms with Gasteiger partial charge in [-0.3, -0.25) is 14.4 Å². The molecular weight excluding hydrogens is 413 g/mol. The highest BCUT2D eigenvalue weighted by molar-refractivity contribution is 5.76. The molecule has 0 atom stereocenters. The van der Waals surface area contributed by atoms with Crippen LogP contribution in [0.25, 0.3) is 11.4 Å². The van der Waals surface area contributed by atoms with Crippen molar-refractivity contribution in [1.29, 1.82) is 0 Å². The first-order valence-corrected chi connectivity index (χ1v) is 9.79. The third-order valence-corrected chi connectivity index (χ3v) is 5.17. The SMILES string of the molecule is Cc1ccccc1-c1noc(CN2CCN(C(=O)Cn3ccc(C(F)(F)F)n3)CC2)n1. The van der Waals surface area contributed by atoms with E-state index in [9.17, 15) is 18.0 Å². The molecule has 31 heavy (non-hydrogen) atoms. The van der Waals surface area contributed by atoms with Crippen LogP contribution in [0.1, 0.15) is 17.1 Å². The molecule has 1 aromatic carbocycles. The molecule has 0 unspecified atom stereocenters. The highest BCUT2D eigenvalue weighted by Crippen LogP contribution is 2.27. The maximum absolute atomic E-state index is 12.6. The number of carbonyl (C=O) groups is 1. The summed E-state index contributed by atoms with van der Waals surface area (Å²) in [7, 11) is 0. The summed E-state index contributed by atoms with van der Waals surface area (Å²) in [6.45, 7) is 4.35. The van der Waals surface area contributed by atoms with Crippen molar-refractivity contribution in [3.63, 3.8) is 0 Å². The highest BCUT2D eigenvalue weighted by atomic mass is 19.4. The summed E-state index contributed by atoms with van der Waals surface area (Å²) in [6.07, 6.45) is -3.35. The fourth-order valence-electron chi connectivity index (χ4n) is 3.44. The van der Waals surface area contributed by atoms with E-state index in [2.05, 4.69) is 20.1 Å². The van der Waals surface area contributed by atoms with Gasteiger partial charge < -0.3 is 9.42 Å². The largest absolute Gasteiger partial charge is 0.435 e. The zero-order valence-corrected chi connectivity index (χ0v) is 16.8. The molecule has 1 aliphatic rings. The number of alkyl halides is 3. The average molecular weight is 434 g/mol. The number of halogens is 3. The average Bonchev–Trinajstić information content (AvgIpc) is 3.38. The van der Waals surface area contributed by atoms with Gasteiger partial charge in [0, 0.05) is 37.9 Å². The van der Waals surface area contributed by atoms with E-state index in [-0.39, 0.29) is 12.5 Å². The lowest BCUT2D eigenvalue weighted by molar-refractivity contribution is -0.142. The second-order valence-corrected chi connectivity index (χ2v) is 7.38. The molecule has 1 saturated heterocycles. The van der Waals surface area contributed by atoms with Crippen molar-refractivity contribution >= 4 is 5.91 Å². The van der Waals surface area contributed by atoms with Crippen molar-refractivity contribution in [1.82, 2.24) is 29.7 Å². The molecule has 3 heterocycles. The van der Waals surface area contributed by atoms with Crippen LogP contribution in [0.5, 0.6) is 0 Å². The molecule has 1 amide bonds. The lowest BCUT2D eigenvalue weighted by Gasteiger charge is -2.33. The molecule has 2 aromatic heterocycles. The lowest BCUT2D eigenvalue weighted by Crippen LogP contribution is -2.49. The summed E-state index contributed by atoms with van der Waals surface area (Å²) in [6, 6.07) is 8.64. The quantitative estimate of drug-likeness (QED) is 0.614. The van der Waals surface area contributed by atoms with Crippen molar-refractivity contribution in [3.05, 3.63) is 53.7 Å². The Balaban J connectivity index is 1.29. The summed E-state index contributed by atoms with van der Waals surface area (Å²) in [5, 5.41) is 7.48. The number of aryl methyl sites for hydroxylation is 1. The topological polar surface area (TPSA) is 80.3 Å².